The third kappa shape index (κ3) is 1.56. The normalized spacial score (nSPS) is 10.0. The van der Waals surface area contributed by atoms with Gasteiger partial charge in [0.1, 0.15) is 5.69 Å². The molecule has 1 aromatic heterocycles. The zero-order chi connectivity index (χ0) is 9.30. The summed E-state index contributed by atoms with van der Waals surface area (Å²) >= 11 is 6.59. The Morgan fingerprint density at radius 1 is 1.58 bits per heavy atom. The topological polar surface area (TPSA) is 31.2 Å². The number of methoxy groups -OCH3 is 1. The molecule has 0 unspecified atom stereocenters. The summed E-state index contributed by atoms with van der Waals surface area (Å²) in [4.78, 5) is 11.1. The maximum absolute atomic E-state index is 11.1. The predicted octanol–water partition coefficient (Wildman–Crippen LogP) is 2.34. The molecular weight excluding hydrogens is 290 g/mol. The Kier molecular flexibility index (Phi) is 2.95. The molecule has 0 saturated heterocycles. The Morgan fingerprint density at radius 3 is 2.50 bits per heavy atom. The molecule has 1 rings (SSSR count). The number of carbonyl (C=O) groups is 1. The number of esters is 1. The number of ether oxygens (including phenoxy) is 1. The maximum atomic E-state index is 11.1. The van der Waals surface area contributed by atoms with Crippen molar-refractivity contribution in [2.24, 2.45) is 7.05 Å². The van der Waals surface area contributed by atoms with Gasteiger partial charge in [0.05, 0.1) is 16.2 Å². The predicted molar refractivity (Wildman–Crippen MR) is 52.2 cm³/mol. The number of nitrogens with zero attached hydrogens (tertiary/aromatic N) is 1. The minimum absolute atomic E-state index is 0.344. The first-order valence-electron chi connectivity index (χ1n) is 3.17. The highest BCUT2D eigenvalue weighted by atomic mass is 79.9. The molecular formula is C7H7Br2NO2. The van der Waals surface area contributed by atoms with Crippen molar-refractivity contribution in [1.29, 1.82) is 0 Å². The van der Waals surface area contributed by atoms with Crippen LogP contribution in [-0.2, 0) is 11.8 Å². The first kappa shape index (κ1) is 9.80. The Bertz CT molecular complexity index is 319. The van der Waals surface area contributed by atoms with E-state index in [4.69, 9.17) is 0 Å². The maximum Gasteiger partial charge on any atom is 0.354 e. The van der Waals surface area contributed by atoms with E-state index in [-0.39, 0.29) is 5.97 Å². The van der Waals surface area contributed by atoms with Gasteiger partial charge >= 0.3 is 5.97 Å². The average Bonchev–Trinajstić information content (AvgIpc) is 2.32. The molecule has 0 fully saturated rings. The number of rotatable bonds is 1. The third-order valence-corrected chi connectivity index (χ3v) is 3.61. The monoisotopic (exact) mass is 295 g/mol. The lowest BCUT2D eigenvalue weighted by atomic mass is 10.4. The second kappa shape index (κ2) is 3.62. The lowest BCUT2D eigenvalue weighted by Gasteiger charge is -2.00. The van der Waals surface area contributed by atoms with Crippen LogP contribution in [0.25, 0.3) is 0 Å². The summed E-state index contributed by atoms with van der Waals surface area (Å²) in [6.07, 6.45) is 0. The van der Waals surface area contributed by atoms with Crippen LogP contribution in [0.5, 0.6) is 0 Å². The van der Waals surface area contributed by atoms with Crippen LogP contribution >= 0.6 is 31.9 Å². The Morgan fingerprint density at radius 2 is 2.17 bits per heavy atom. The van der Waals surface area contributed by atoms with Crippen LogP contribution in [0.1, 0.15) is 10.5 Å². The number of aromatic nitrogens is 1. The molecule has 0 radical (unpaired) electrons. The van der Waals surface area contributed by atoms with E-state index in [1.165, 1.54) is 7.11 Å². The Balaban J connectivity index is 3.17. The smallest absolute Gasteiger partial charge is 0.354 e. The molecule has 0 amide bonds. The minimum atomic E-state index is -0.344. The van der Waals surface area contributed by atoms with Crippen LogP contribution in [0, 0.1) is 0 Å². The quantitative estimate of drug-likeness (QED) is 0.745. The largest absolute Gasteiger partial charge is 0.464 e. The summed E-state index contributed by atoms with van der Waals surface area (Å²) in [7, 11) is 3.14. The van der Waals surface area contributed by atoms with Crippen LogP contribution in [0.4, 0.5) is 0 Å². The highest BCUT2D eigenvalue weighted by Crippen LogP contribution is 2.26. The fraction of sp³-hybridized carbons (Fsp3) is 0.286. The van der Waals surface area contributed by atoms with Crippen molar-refractivity contribution in [3.63, 3.8) is 0 Å². The van der Waals surface area contributed by atoms with E-state index in [0.717, 1.165) is 9.08 Å². The zero-order valence-electron chi connectivity index (χ0n) is 6.60. The second-order valence-corrected chi connectivity index (χ2v) is 3.82. The lowest BCUT2D eigenvalue weighted by Crippen LogP contribution is -2.07. The number of hydrogen-bond donors (Lipinski definition) is 0. The van der Waals surface area contributed by atoms with Gasteiger partial charge < -0.3 is 9.30 Å². The van der Waals surface area contributed by atoms with Crippen molar-refractivity contribution in [2.45, 2.75) is 0 Å². The van der Waals surface area contributed by atoms with Gasteiger partial charge in [0.25, 0.3) is 0 Å². The summed E-state index contributed by atoms with van der Waals surface area (Å²) in [5.41, 5.74) is 0.510. The molecule has 66 valence electrons. The second-order valence-electron chi connectivity index (χ2n) is 2.22. The molecule has 0 aliphatic rings. The van der Waals surface area contributed by atoms with Crippen LogP contribution in [0.2, 0.25) is 0 Å². The van der Waals surface area contributed by atoms with Gasteiger partial charge in [0, 0.05) is 7.05 Å². The lowest BCUT2D eigenvalue weighted by molar-refractivity contribution is 0.0589. The number of hydrogen-bond acceptors (Lipinski definition) is 2. The van der Waals surface area contributed by atoms with E-state index in [1.54, 1.807) is 17.7 Å². The van der Waals surface area contributed by atoms with Crippen molar-refractivity contribution < 1.29 is 9.53 Å². The highest BCUT2D eigenvalue weighted by Gasteiger charge is 2.14. The SMILES string of the molecule is COC(=O)c1cc(Br)c(Br)n1C. The summed E-state index contributed by atoms with van der Waals surface area (Å²) in [5, 5.41) is 0. The molecule has 1 heterocycles. The standard InChI is InChI=1S/C7H7Br2NO2/c1-10-5(7(11)12-2)3-4(8)6(10)9/h3H,1-2H3. The molecule has 5 heteroatoms. The molecule has 12 heavy (non-hydrogen) atoms. The van der Waals surface area contributed by atoms with Gasteiger partial charge in [-0.1, -0.05) is 0 Å². The fourth-order valence-electron chi connectivity index (χ4n) is 0.843. The summed E-state index contributed by atoms with van der Waals surface area (Å²) < 4.78 is 7.95. The van der Waals surface area contributed by atoms with E-state index in [0.29, 0.717) is 5.69 Å². The van der Waals surface area contributed by atoms with E-state index in [1.807, 2.05) is 0 Å². The van der Waals surface area contributed by atoms with Crippen molar-refractivity contribution in [2.75, 3.05) is 7.11 Å². The summed E-state index contributed by atoms with van der Waals surface area (Å²) in [6.45, 7) is 0. The van der Waals surface area contributed by atoms with Crippen molar-refractivity contribution in [1.82, 2.24) is 4.57 Å². The molecule has 0 spiro atoms. The van der Waals surface area contributed by atoms with Crippen molar-refractivity contribution in [3.8, 4) is 0 Å². The first-order chi connectivity index (χ1) is 5.57. The molecule has 0 aromatic carbocycles. The highest BCUT2D eigenvalue weighted by molar-refractivity contribution is 9.13. The summed E-state index contributed by atoms with van der Waals surface area (Å²) in [5.74, 6) is -0.344. The van der Waals surface area contributed by atoms with Gasteiger partial charge in [-0.25, -0.2) is 4.79 Å². The molecule has 0 atom stereocenters. The van der Waals surface area contributed by atoms with Gasteiger partial charge in [0.15, 0.2) is 0 Å². The fourth-order valence-corrected chi connectivity index (χ4v) is 1.63. The molecule has 1 aromatic rings. The zero-order valence-corrected chi connectivity index (χ0v) is 9.77. The van der Waals surface area contributed by atoms with E-state index in [9.17, 15) is 4.79 Å². The Hall–Kier alpha value is -0.290. The van der Waals surface area contributed by atoms with Gasteiger partial charge in [0.2, 0.25) is 0 Å². The third-order valence-electron chi connectivity index (χ3n) is 1.51. The molecule has 0 aliphatic heterocycles. The molecule has 3 nitrogen and oxygen atoms in total. The van der Waals surface area contributed by atoms with Crippen LogP contribution in [0.3, 0.4) is 0 Å². The van der Waals surface area contributed by atoms with Gasteiger partial charge in [-0.15, -0.1) is 0 Å². The average molecular weight is 297 g/mol. The molecule has 0 saturated carbocycles. The van der Waals surface area contributed by atoms with Crippen LogP contribution in [-0.4, -0.2) is 17.6 Å². The van der Waals surface area contributed by atoms with E-state index >= 15 is 0 Å². The summed E-state index contributed by atoms with van der Waals surface area (Å²) in [6, 6.07) is 1.70. The van der Waals surface area contributed by atoms with Gasteiger partial charge in [-0.05, 0) is 37.9 Å². The molecule has 0 aliphatic carbocycles. The minimum Gasteiger partial charge on any atom is -0.464 e. The number of carbonyl (C=O) groups excluding carboxylic acids is 1. The number of halogens is 2. The molecule has 0 N–H and O–H groups in total. The van der Waals surface area contributed by atoms with Crippen molar-refractivity contribution >= 4 is 37.8 Å². The van der Waals surface area contributed by atoms with Gasteiger partial charge in [-0.3, -0.25) is 0 Å². The van der Waals surface area contributed by atoms with Crippen molar-refractivity contribution in [3.05, 3.63) is 20.8 Å². The Labute approximate surface area is 87.0 Å². The van der Waals surface area contributed by atoms with Gasteiger partial charge in [-0.2, -0.15) is 0 Å². The van der Waals surface area contributed by atoms with Crippen LogP contribution < -0.4 is 0 Å². The molecule has 0 bridgehead atoms. The first-order valence-corrected chi connectivity index (χ1v) is 4.75. The van der Waals surface area contributed by atoms with Crippen LogP contribution in [0.15, 0.2) is 15.1 Å². The van der Waals surface area contributed by atoms with E-state index in [2.05, 4.69) is 36.6 Å². The van der Waals surface area contributed by atoms with E-state index < -0.39 is 0 Å².